The molecule has 32 heavy (non-hydrogen) atoms. The van der Waals surface area contributed by atoms with E-state index in [0.717, 1.165) is 0 Å². The van der Waals surface area contributed by atoms with Crippen LogP contribution in [-0.4, -0.2) is 27.6 Å². The van der Waals surface area contributed by atoms with Crippen molar-refractivity contribution < 1.29 is 27.5 Å². The topological polar surface area (TPSA) is 96.1 Å². The van der Waals surface area contributed by atoms with Gasteiger partial charge in [0.05, 0.1) is 21.8 Å². The van der Waals surface area contributed by atoms with Gasteiger partial charge in [-0.25, -0.2) is 9.78 Å². The Labute approximate surface area is 190 Å². The molecule has 0 aliphatic rings. The van der Waals surface area contributed by atoms with Crippen LogP contribution in [0.1, 0.15) is 37.0 Å². The second kappa shape index (κ2) is 8.51. The van der Waals surface area contributed by atoms with E-state index >= 15 is 0 Å². The summed E-state index contributed by atoms with van der Waals surface area (Å²) in [5, 5.41) is 5.12. The molecule has 0 aliphatic heterocycles. The number of hydrogen-bond acceptors (Lipinski definition) is 4. The van der Waals surface area contributed by atoms with Crippen molar-refractivity contribution in [3.05, 3.63) is 51.8 Å². The molecule has 1 heterocycles. The highest BCUT2D eigenvalue weighted by Crippen LogP contribution is 2.32. The summed E-state index contributed by atoms with van der Waals surface area (Å²) in [5.41, 5.74) is -0.633. The number of H-pyrrole nitrogens is 1. The Morgan fingerprint density at radius 2 is 1.75 bits per heavy atom. The minimum absolute atomic E-state index is 0.0435. The molecule has 0 unspecified atom stereocenters. The summed E-state index contributed by atoms with van der Waals surface area (Å²) in [6.07, 6.45) is -5.41. The van der Waals surface area contributed by atoms with E-state index in [9.17, 15) is 22.8 Å². The zero-order chi connectivity index (χ0) is 23.8. The van der Waals surface area contributed by atoms with Crippen LogP contribution in [0.4, 0.5) is 29.3 Å². The number of anilines is 2. The third kappa shape index (κ3) is 5.63. The van der Waals surface area contributed by atoms with Crippen LogP contribution in [-0.2, 0) is 10.9 Å². The second-order valence-corrected chi connectivity index (χ2v) is 8.55. The Kier molecular flexibility index (Phi) is 6.30. The van der Waals surface area contributed by atoms with Gasteiger partial charge in [-0.2, -0.15) is 13.2 Å². The second-order valence-electron chi connectivity index (χ2n) is 7.71. The largest absolute Gasteiger partial charge is 0.449 e. The van der Waals surface area contributed by atoms with Gasteiger partial charge in [0.15, 0.2) is 0 Å². The van der Waals surface area contributed by atoms with Crippen LogP contribution >= 0.6 is 23.2 Å². The highest BCUT2D eigenvalue weighted by molar-refractivity contribution is 6.35. The zero-order valence-corrected chi connectivity index (χ0v) is 18.5. The van der Waals surface area contributed by atoms with E-state index in [0.29, 0.717) is 5.69 Å². The number of hydrogen-bond donors (Lipinski definition) is 3. The van der Waals surface area contributed by atoms with Crippen molar-refractivity contribution in [1.29, 1.82) is 0 Å². The number of halogens is 5. The number of amides is 2. The van der Waals surface area contributed by atoms with Crippen LogP contribution in [0.2, 0.25) is 10.0 Å². The predicted molar refractivity (Wildman–Crippen MR) is 115 cm³/mol. The molecule has 3 rings (SSSR count). The molecular weight excluding hydrogens is 472 g/mol. The number of carbonyl (C=O) groups is 2. The maximum Gasteiger partial charge on any atom is 0.449 e. The Hall–Kier alpha value is -2.98. The van der Waals surface area contributed by atoms with Crippen molar-refractivity contribution >= 4 is 57.6 Å². The van der Waals surface area contributed by atoms with Crippen molar-refractivity contribution in [2.45, 2.75) is 32.5 Å². The molecule has 0 saturated carbocycles. The first kappa shape index (κ1) is 23.7. The molecule has 0 atom stereocenters. The number of fused-ring (bicyclic) bond motifs is 1. The van der Waals surface area contributed by atoms with E-state index in [4.69, 9.17) is 27.9 Å². The molecule has 0 bridgehead atoms. The summed E-state index contributed by atoms with van der Waals surface area (Å²) >= 11 is 12.1. The van der Waals surface area contributed by atoms with Crippen molar-refractivity contribution in [2.75, 3.05) is 10.6 Å². The van der Waals surface area contributed by atoms with E-state index in [1.165, 1.54) is 30.3 Å². The highest BCUT2D eigenvalue weighted by atomic mass is 35.5. The monoisotopic (exact) mass is 488 g/mol. The van der Waals surface area contributed by atoms with E-state index in [-0.39, 0.29) is 32.3 Å². The quantitative estimate of drug-likeness (QED) is 0.392. The predicted octanol–water partition coefficient (Wildman–Crippen LogP) is 6.49. The van der Waals surface area contributed by atoms with Gasteiger partial charge < -0.3 is 15.0 Å². The number of aromatic nitrogens is 2. The fourth-order valence-electron chi connectivity index (χ4n) is 2.69. The summed E-state index contributed by atoms with van der Waals surface area (Å²) in [7, 11) is 0. The molecule has 0 fully saturated rings. The first-order chi connectivity index (χ1) is 14.7. The van der Waals surface area contributed by atoms with Gasteiger partial charge in [-0.05, 0) is 51.1 Å². The van der Waals surface area contributed by atoms with Crippen LogP contribution < -0.4 is 10.6 Å². The number of carbonyl (C=O) groups excluding carboxylic acids is 2. The van der Waals surface area contributed by atoms with Gasteiger partial charge in [0.2, 0.25) is 5.82 Å². The average Bonchev–Trinajstić information content (AvgIpc) is 3.05. The number of rotatable bonds is 3. The number of ether oxygens (including phenoxy) is 1. The number of alkyl halides is 3. The smallest absolute Gasteiger partial charge is 0.444 e. The highest BCUT2D eigenvalue weighted by Gasteiger charge is 2.35. The lowest BCUT2D eigenvalue weighted by molar-refractivity contribution is -0.144. The number of nitrogens with one attached hydrogen (secondary N) is 3. The fourth-order valence-corrected chi connectivity index (χ4v) is 3.14. The lowest BCUT2D eigenvalue weighted by Gasteiger charge is -2.19. The van der Waals surface area contributed by atoms with E-state index in [2.05, 4.69) is 20.6 Å². The molecule has 0 saturated heterocycles. The van der Waals surface area contributed by atoms with Gasteiger partial charge in [0.1, 0.15) is 11.1 Å². The van der Waals surface area contributed by atoms with Crippen LogP contribution in [0, 0.1) is 0 Å². The van der Waals surface area contributed by atoms with Crippen LogP contribution in [0.5, 0.6) is 0 Å². The lowest BCUT2D eigenvalue weighted by atomic mass is 10.1. The number of benzene rings is 2. The van der Waals surface area contributed by atoms with Crippen LogP contribution in [0.25, 0.3) is 11.0 Å². The summed E-state index contributed by atoms with van der Waals surface area (Å²) < 4.78 is 44.1. The van der Waals surface area contributed by atoms with Crippen molar-refractivity contribution in [1.82, 2.24) is 9.97 Å². The molecule has 170 valence electrons. The minimum atomic E-state index is -4.72. The molecule has 2 amide bonds. The molecular formula is C20H17Cl2F3N4O3. The van der Waals surface area contributed by atoms with E-state index in [1.807, 2.05) is 0 Å². The first-order valence-electron chi connectivity index (χ1n) is 9.10. The summed E-state index contributed by atoms with van der Waals surface area (Å²) in [6, 6.07) is 6.70. The molecule has 12 heteroatoms. The van der Waals surface area contributed by atoms with Gasteiger partial charge in [-0.1, -0.05) is 23.2 Å². The summed E-state index contributed by atoms with van der Waals surface area (Å²) in [4.78, 5) is 30.2. The Morgan fingerprint density at radius 3 is 2.34 bits per heavy atom. The number of aromatic amines is 1. The molecule has 3 aromatic rings. The minimum Gasteiger partial charge on any atom is -0.444 e. The average molecular weight is 489 g/mol. The molecule has 2 aromatic carbocycles. The third-order valence-corrected chi connectivity index (χ3v) is 4.46. The van der Waals surface area contributed by atoms with E-state index < -0.39 is 29.6 Å². The molecule has 0 aliphatic carbocycles. The number of nitrogens with zero attached hydrogens (tertiary/aromatic N) is 1. The van der Waals surface area contributed by atoms with Gasteiger partial charge in [-0.15, -0.1) is 0 Å². The SMILES string of the molecule is CC(C)(C)OC(=O)Nc1ccc(NC(=O)c2cc(Cl)cc3[nH]c(C(F)(F)F)nc23)c(Cl)c1. The van der Waals surface area contributed by atoms with Gasteiger partial charge in [0.25, 0.3) is 5.91 Å². The Balaban J connectivity index is 1.84. The van der Waals surface area contributed by atoms with Gasteiger partial charge >= 0.3 is 12.3 Å². The fraction of sp³-hybridized carbons (Fsp3) is 0.250. The van der Waals surface area contributed by atoms with Crippen molar-refractivity contribution in [3.8, 4) is 0 Å². The van der Waals surface area contributed by atoms with E-state index in [1.54, 1.807) is 20.8 Å². The molecule has 3 N–H and O–H groups in total. The van der Waals surface area contributed by atoms with Gasteiger partial charge in [-0.3, -0.25) is 10.1 Å². The molecule has 1 aromatic heterocycles. The Bertz CT molecular complexity index is 1200. The molecule has 0 radical (unpaired) electrons. The Morgan fingerprint density at radius 1 is 1.06 bits per heavy atom. The molecule has 0 spiro atoms. The maximum atomic E-state index is 13.0. The zero-order valence-electron chi connectivity index (χ0n) is 16.9. The molecule has 7 nitrogen and oxygen atoms in total. The third-order valence-electron chi connectivity index (χ3n) is 3.93. The van der Waals surface area contributed by atoms with Crippen LogP contribution in [0.3, 0.4) is 0 Å². The number of imidazole rings is 1. The van der Waals surface area contributed by atoms with Gasteiger partial charge in [0, 0.05) is 10.7 Å². The van der Waals surface area contributed by atoms with Crippen molar-refractivity contribution in [3.63, 3.8) is 0 Å². The summed E-state index contributed by atoms with van der Waals surface area (Å²) in [5.74, 6) is -2.02. The maximum absolute atomic E-state index is 13.0. The van der Waals surface area contributed by atoms with Crippen LogP contribution in [0.15, 0.2) is 30.3 Å². The normalized spacial score (nSPS) is 12.0. The standard InChI is InChI=1S/C20H17Cl2F3N4O3/c1-19(2,3)32-18(31)26-10-4-5-13(12(22)8-10)27-16(30)11-6-9(21)7-14-15(11)29-17(28-14)20(23,24)25/h4-8H,1-3H3,(H,26,31)(H,27,30)(H,28,29). The first-order valence-corrected chi connectivity index (χ1v) is 9.86. The summed E-state index contributed by atoms with van der Waals surface area (Å²) in [6.45, 7) is 5.13. The van der Waals surface area contributed by atoms with Crippen molar-refractivity contribution in [2.24, 2.45) is 0 Å². The lowest BCUT2D eigenvalue weighted by Crippen LogP contribution is -2.27.